The van der Waals surface area contributed by atoms with Gasteiger partial charge in [-0.1, -0.05) is 44.0 Å². The molecule has 0 saturated carbocycles. The van der Waals surface area contributed by atoms with Gasteiger partial charge in [0.05, 0.1) is 23.8 Å². The summed E-state index contributed by atoms with van der Waals surface area (Å²) in [6.45, 7) is 6.18. The maximum absolute atomic E-state index is 12.9. The van der Waals surface area contributed by atoms with Crippen LogP contribution in [0.4, 0.5) is 5.95 Å². The van der Waals surface area contributed by atoms with Crippen LogP contribution >= 0.6 is 27.7 Å². The summed E-state index contributed by atoms with van der Waals surface area (Å²) in [6.07, 6.45) is 4.81. The Morgan fingerprint density at radius 3 is 2.77 bits per heavy atom. The van der Waals surface area contributed by atoms with E-state index in [0.717, 1.165) is 33.7 Å². The molecule has 9 heteroatoms. The second-order valence-corrected chi connectivity index (χ2v) is 9.17. The maximum atomic E-state index is 12.9. The molecule has 3 rings (SSSR count). The minimum atomic E-state index is -0.445. The first kappa shape index (κ1) is 23.7. The summed E-state index contributed by atoms with van der Waals surface area (Å²) >= 11 is 5.20. The van der Waals surface area contributed by atoms with E-state index in [4.69, 9.17) is 14.6 Å². The van der Waals surface area contributed by atoms with E-state index in [-0.39, 0.29) is 5.97 Å². The van der Waals surface area contributed by atoms with Crippen LogP contribution in [-0.2, 0) is 9.53 Å². The quantitative estimate of drug-likeness (QED) is 0.255. The molecule has 0 amide bonds. The zero-order chi connectivity index (χ0) is 22.4. The number of carbonyl (C=O) groups is 1. The number of aromatic nitrogens is 3. The molecule has 1 N–H and O–H groups in total. The maximum Gasteiger partial charge on any atom is 0.338 e. The summed E-state index contributed by atoms with van der Waals surface area (Å²) < 4.78 is 13.3. The van der Waals surface area contributed by atoms with Gasteiger partial charge in [0, 0.05) is 11.4 Å². The lowest BCUT2D eigenvalue weighted by Crippen LogP contribution is -2.29. The molecular formula is C22H29BrN4O3S. The largest absolute Gasteiger partial charge is 0.496 e. The molecule has 2 aromatic rings. The van der Waals surface area contributed by atoms with Gasteiger partial charge in [-0.15, -0.1) is 5.10 Å². The third-order valence-electron chi connectivity index (χ3n) is 5.05. The molecule has 0 bridgehead atoms. The summed E-state index contributed by atoms with van der Waals surface area (Å²) in [6, 6.07) is 5.32. The molecule has 0 unspecified atom stereocenters. The predicted octanol–water partition coefficient (Wildman–Crippen LogP) is 5.57. The van der Waals surface area contributed by atoms with Crippen molar-refractivity contribution in [1.82, 2.24) is 14.8 Å². The number of unbranched alkanes of at least 4 members (excludes halogenated alkanes) is 3. The van der Waals surface area contributed by atoms with E-state index in [1.165, 1.54) is 19.3 Å². The Kier molecular flexibility index (Phi) is 8.43. The Bertz CT molecular complexity index is 960. The predicted molar refractivity (Wildman–Crippen MR) is 127 cm³/mol. The smallest absolute Gasteiger partial charge is 0.338 e. The van der Waals surface area contributed by atoms with Crippen molar-refractivity contribution >= 4 is 39.6 Å². The van der Waals surface area contributed by atoms with Crippen molar-refractivity contribution in [2.75, 3.05) is 24.8 Å². The summed E-state index contributed by atoms with van der Waals surface area (Å²) in [4.78, 5) is 17.5. The van der Waals surface area contributed by atoms with Gasteiger partial charge in [0.1, 0.15) is 11.8 Å². The summed E-state index contributed by atoms with van der Waals surface area (Å²) in [5.74, 6) is 1.95. The van der Waals surface area contributed by atoms with Crippen LogP contribution in [0.3, 0.4) is 0 Å². The molecule has 1 aliphatic heterocycles. The molecular weight excluding hydrogens is 480 g/mol. The fourth-order valence-corrected chi connectivity index (χ4v) is 4.91. The first-order valence-electron chi connectivity index (χ1n) is 10.6. The number of hydrogen-bond donors (Lipinski definition) is 1. The van der Waals surface area contributed by atoms with Crippen LogP contribution in [0.15, 0.2) is 39.1 Å². The Labute approximate surface area is 196 Å². The van der Waals surface area contributed by atoms with Gasteiger partial charge in [0.2, 0.25) is 11.1 Å². The molecule has 1 aromatic heterocycles. The molecule has 0 spiro atoms. The first-order chi connectivity index (χ1) is 15.0. The fraction of sp³-hybridized carbons (Fsp3) is 0.500. The highest BCUT2D eigenvalue weighted by molar-refractivity contribution is 9.10. The number of esters is 1. The van der Waals surface area contributed by atoms with Gasteiger partial charge in [-0.3, -0.25) is 0 Å². The minimum Gasteiger partial charge on any atom is -0.496 e. The van der Waals surface area contributed by atoms with E-state index in [2.05, 4.69) is 33.2 Å². The van der Waals surface area contributed by atoms with Crippen LogP contribution in [0.25, 0.3) is 0 Å². The van der Waals surface area contributed by atoms with Gasteiger partial charge in [0.25, 0.3) is 0 Å². The van der Waals surface area contributed by atoms with Gasteiger partial charge in [-0.25, -0.2) is 9.48 Å². The Hall–Kier alpha value is -2.00. The zero-order valence-electron chi connectivity index (χ0n) is 18.4. The minimum absolute atomic E-state index is 0.303. The van der Waals surface area contributed by atoms with Crippen LogP contribution in [0.5, 0.6) is 5.75 Å². The van der Waals surface area contributed by atoms with Gasteiger partial charge < -0.3 is 14.8 Å². The number of nitrogens with zero attached hydrogens (tertiary/aromatic N) is 3. The van der Waals surface area contributed by atoms with E-state index in [9.17, 15) is 4.79 Å². The average molecular weight is 509 g/mol. The van der Waals surface area contributed by atoms with Crippen molar-refractivity contribution < 1.29 is 14.3 Å². The Morgan fingerprint density at radius 2 is 2.10 bits per heavy atom. The van der Waals surface area contributed by atoms with E-state index in [0.29, 0.717) is 23.3 Å². The highest BCUT2D eigenvalue weighted by Crippen LogP contribution is 2.39. The lowest BCUT2D eigenvalue weighted by Gasteiger charge is -2.28. The van der Waals surface area contributed by atoms with Gasteiger partial charge >= 0.3 is 5.97 Å². The van der Waals surface area contributed by atoms with E-state index >= 15 is 0 Å². The normalized spacial score (nSPS) is 15.5. The monoisotopic (exact) mass is 508 g/mol. The molecule has 1 aromatic carbocycles. The van der Waals surface area contributed by atoms with Crippen molar-refractivity contribution in [3.05, 3.63) is 39.5 Å². The Morgan fingerprint density at radius 1 is 1.29 bits per heavy atom. The number of methoxy groups -OCH3 is 1. The number of benzene rings is 1. The summed E-state index contributed by atoms with van der Waals surface area (Å²) in [7, 11) is 1.62. The number of rotatable bonds is 10. The summed E-state index contributed by atoms with van der Waals surface area (Å²) in [5, 5.41) is 8.68. The number of fused-ring (bicyclic) bond motifs is 1. The van der Waals surface area contributed by atoms with Crippen molar-refractivity contribution in [2.45, 2.75) is 57.7 Å². The molecule has 0 aliphatic carbocycles. The molecule has 1 atom stereocenters. The molecule has 168 valence electrons. The number of allylic oxidation sites excluding steroid dienone is 1. The number of anilines is 1. The molecule has 0 radical (unpaired) electrons. The lowest BCUT2D eigenvalue weighted by molar-refractivity contribution is -0.139. The van der Waals surface area contributed by atoms with Crippen molar-refractivity contribution in [3.63, 3.8) is 0 Å². The van der Waals surface area contributed by atoms with Gasteiger partial charge in [0.15, 0.2) is 0 Å². The highest BCUT2D eigenvalue weighted by Gasteiger charge is 2.35. The third-order valence-corrected chi connectivity index (χ3v) is 6.59. The number of hydrogen-bond acceptors (Lipinski definition) is 7. The van der Waals surface area contributed by atoms with Crippen LogP contribution in [-0.4, -0.2) is 40.2 Å². The SMILES string of the molecule is CCCCCCSc1nc2n(n1)[C@H](c1ccc(OC)c(Br)c1)C(C(=O)OCC)=C(C)N2. The van der Waals surface area contributed by atoms with Crippen molar-refractivity contribution in [3.8, 4) is 5.75 Å². The molecule has 2 heterocycles. The van der Waals surface area contributed by atoms with E-state index in [1.54, 1.807) is 30.5 Å². The number of nitrogens with one attached hydrogen (secondary N) is 1. The number of ether oxygens (including phenoxy) is 2. The standard InChI is InChI=1S/C22H29BrN4O3S/c1-5-7-8-9-12-31-22-25-21-24-14(3)18(20(28)30-6-2)19(27(21)26-22)15-10-11-17(29-4)16(23)13-15/h10-11,13,19H,5-9,12H2,1-4H3,(H,24,25,26)/t19-/m1/s1. The molecule has 0 fully saturated rings. The van der Waals surface area contributed by atoms with Crippen LogP contribution in [0, 0.1) is 0 Å². The van der Waals surface area contributed by atoms with E-state index in [1.807, 2.05) is 25.1 Å². The fourth-order valence-electron chi connectivity index (χ4n) is 3.52. The number of carbonyl (C=O) groups excluding carboxylic acids is 1. The third kappa shape index (κ3) is 5.44. The molecule has 7 nitrogen and oxygen atoms in total. The van der Waals surface area contributed by atoms with Crippen LogP contribution in [0.1, 0.15) is 58.1 Å². The zero-order valence-corrected chi connectivity index (χ0v) is 20.8. The number of halogens is 1. The first-order valence-corrected chi connectivity index (χ1v) is 12.4. The lowest BCUT2D eigenvalue weighted by atomic mass is 9.96. The second kappa shape index (κ2) is 11.0. The Balaban J connectivity index is 1.96. The van der Waals surface area contributed by atoms with Crippen LogP contribution < -0.4 is 10.1 Å². The van der Waals surface area contributed by atoms with Crippen LogP contribution in [0.2, 0.25) is 0 Å². The van der Waals surface area contributed by atoms with Gasteiger partial charge in [-0.05, 0) is 53.9 Å². The van der Waals surface area contributed by atoms with Crippen molar-refractivity contribution in [2.24, 2.45) is 0 Å². The molecule has 0 saturated heterocycles. The van der Waals surface area contributed by atoms with Crippen molar-refractivity contribution in [1.29, 1.82) is 0 Å². The summed E-state index contributed by atoms with van der Waals surface area (Å²) in [5.41, 5.74) is 2.13. The topological polar surface area (TPSA) is 78.3 Å². The second-order valence-electron chi connectivity index (χ2n) is 7.25. The highest BCUT2D eigenvalue weighted by atomic mass is 79.9. The molecule has 31 heavy (non-hydrogen) atoms. The molecule has 1 aliphatic rings. The average Bonchev–Trinajstić information content (AvgIpc) is 3.14. The number of thioether (sulfide) groups is 1. The van der Waals surface area contributed by atoms with Gasteiger partial charge in [-0.2, -0.15) is 4.98 Å². The van der Waals surface area contributed by atoms with E-state index < -0.39 is 6.04 Å².